The number of amides is 1. The maximum atomic E-state index is 11.2. The fraction of sp³-hybridized carbons (Fsp3) is 0.250. The Kier molecular flexibility index (Phi) is 4.82. The molecule has 0 aromatic heterocycles. The predicted molar refractivity (Wildman–Crippen MR) is 58.5 cm³/mol. The number of rotatable bonds is 4. The fourth-order valence-corrected chi connectivity index (χ4v) is 1.01. The van der Waals surface area contributed by atoms with Gasteiger partial charge >= 0.3 is 6.09 Å². The number of unbranched alkanes of at least 4 members (excludes halogenated alkanes) is 1. The molecule has 0 spiro atoms. The van der Waals surface area contributed by atoms with Crippen LogP contribution in [0.2, 0.25) is 0 Å². The number of benzene rings is 1. The van der Waals surface area contributed by atoms with Gasteiger partial charge in [0.25, 0.3) is 0 Å². The number of carbonyl (C=O) groups excluding carboxylic acids is 1. The van der Waals surface area contributed by atoms with E-state index >= 15 is 0 Å². The molecule has 0 radical (unpaired) electrons. The zero-order valence-corrected chi connectivity index (χ0v) is 8.40. The van der Waals surface area contributed by atoms with Crippen LogP contribution in [-0.2, 0) is 0 Å². The number of terminal acetylenes is 1. The molecular formula is C12H13NO2. The molecule has 15 heavy (non-hydrogen) atoms. The zero-order valence-electron chi connectivity index (χ0n) is 8.40. The maximum absolute atomic E-state index is 11.2. The van der Waals surface area contributed by atoms with E-state index in [9.17, 15) is 4.79 Å². The van der Waals surface area contributed by atoms with Crippen LogP contribution in [0.3, 0.4) is 0 Å². The van der Waals surface area contributed by atoms with Crippen molar-refractivity contribution >= 4 is 6.09 Å². The van der Waals surface area contributed by atoms with Crippen molar-refractivity contribution in [1.29, 1.82) is 0 Å². The topological polar surface area (TPSA) is 38.3 Å². The first-order chi connectivity index (χ1) is 7.33. The Bertz CT molecular complexity index is 340. The minimum Gasteiger partial charge on any atom is -0.410 e. The quantitative estimate of drug-likeness (QED) is 0.601. The summed E-state index contributed by atoms with van der Waals surface area (Å²) in [5.74, 6) is 3.03. The average Bonchev–Trinajstić information content (AvgIpc) is 2.26. The smallest absolute Gasteiger partial charge is 0.410 e. The lowest BCUT2D eigenvalue weighted by molar-refractivity contribution is 0.200. The predicted octanol–water partition coefficient (Wildman–Crippen LogP) is 2.19. The van der Waals surface area contributed by atoms with Crippen molar-refractivity contribution in [2.45, 2.75) is 12.8 Å². The number of ether oxygens (including phenoxy) is 1. The van der Waals surface area contributed by atoms with Gasteiger partial charge in [-0.25, -0.2) is 4.79 Å². The Morgan fingerprint density at radius 2 is 2.13 bits per heavy atom. The third-order valence-corrected chi connectivity index (χ3v) is 1.72. The van der Waals surface area contributed by atoms with Crippen molar-refractivity contribution in [3.8, 4) is 18.1 Å². The van der Waals surface area contributed by atoms with Crippen molar-refractivity contribution in [3.63, 3.8) is 0 Å². The molecule has 0 aliphatic carbocycles. The van der Waals surface area contributed by atoms with Crippen LogP contribution in [0.25, 0.3) is 0 Å². The standard InChI is InChI=1S/C12H13NO2/c1-2-3-7-10-13-12(14)15-11-8-5-4-6-9-11/h1,4-6,8-9H,3,7,10H2,(H,13,14). The summed E-state index contributed by atoms with van der Waals surface area (Å²) in [7, 11) is 0. The number of carbonyl (C=O) groups is 1. The molecule has 0 aliphatic rings. The second-order valence-corrected chi connectivity index (χ2v) is 2.94. The van der Waals surface area contributed by atoms with Gasteiger partial charge in [0.1, 0.15) is 5.75 Å². The Morgan fingerprint density at radius 1 is 1.40 bits per heavy atom. The van der Waals surface area contributed by atoms with E-state index in [-0.39, 0.29) is 0 Å². The van der Waals surface area contributed by atoms with Gasteiger partial charge in [-0.05, 0) is 18.6 Å². The van der Waals surface area contributed by atoms with Crippen LogP contribution in [0.15, 0.2) is 30.3 Å². The molecule has 1 rings (SSSR count). The number of hydrogen-bond acceptors (Lipinski definition) is 2. The van der Waals surface area contributed by atoms with Crippen LogP contribution in [-0.4, -0.2) is 12.6 Å². The summed E-state index contributed by atoms with van der Waals surface area (Å²) >= 11 is 0. The van der Waals surface area contributed by atoms with Gasteiger partial charge in [-0.2, -0.15) is 0 Å². The highest BCUT2D eigenvalue weighted by atomic mass is 16.5. The average molecular weight is 203 g/mol. The van der Waals surface area contributed by atoms with Crippen LogP contribution in [0.1, 0.15) is 12.8 Å². The first-order valence-electron chi connectivity index (χ1n) is 4.77. The van der Waals surface area contributed by atoms with Gasteiger partial charge in [-0.15, -0.1) is 12.3 Å². The molecule has 78 valence electrons. The Labute approximate surface area is 89.4 Å². The van der Waals surface area contributed by atoms with Gasteiger partial charge in [0, 0.05) is 13.0 Å². The lowest BCUT2D eigenvalue weighted by atomic mass is 10.3. The Hall–Kier alpha value is -1.95. The monoisotopic (exact) mass is 203 g/mol. The van der Waals surface area contributed by atoms with Gasteiger partial charge in [-0.1, -0.05) is 18.2 Å². The van der Waals surface area contributed by atoms with Gasteiger partial charge in [0.2, 0.25) is 0 Å². The van der Waals surface area contributed by atoms with Crippen molar-refractivity contribution in [3.05, 3.63) is 30.3 Å². The van der Waals surface area contributed by atoms with Crippen molar-refractivity contribution in [2.24, 2.45) is 0 Å². The summed E-state index contributed by atoms with van der Waals surface area (Å²) in [5, 5.41) is 2.61. The molecule has 0 heterocycles. The van der Waals surface area contributed by atoms with Gasteiger partial charge in [0.05, 0.1) is 0 Å². The van der Waals surface area contributed by atoms with Crippen molar-refractivity contribution in [2.75, 3.05) is 6.54 Å². The molecule has 0 atom stereocenters. The van der Waals surface area contributed by atoms with E-state index in [0.717, 1.165) is 6.42 Å². The van der Waals surface area contributed by atoms with E-state index in [1.807, 2.05) is 6.07 Å². The SMILES string of the molecule is C#CCCCNC(=O)Oc1ccccc1. The van der Waals surface area contributed by atoms with Crippen LogP contribution in [0.5, 0.6) is 5.75 Å². The number of hydrogen-bond donors (Lipinski definition) is 1. The number of nitrogens with one attached hydrogen (secondary N) is 1. The largest absolute Gasteiger partial charge is 0.412 e. The van der Waals surface area contributed by atoms with Crippen LogP contribution in [0, 0.1) is 12.3 Å². The highest BCUT2D eigenvalue weighted by molar-refractivity contribution is 5.70. The normalized spacial score (nSPS) is 9.00. The molecule has 1 amide bonds. The van der Waals surface area contributed by atoms with E-state index < -0.39 is 6.09 Å². The second-order valence-electron chi connectivity index (χ2n) is 2.94. The molecular weight excluding hydrogens is 190 g/mol. The first kappa shape index (κ1) is 11.1. The fourth-order valence-electron chi connectivity index (χ4n) is 1.01. The van der Waals surface area contributed by atoms with Crippen molar-refractivity contribution < 1.29 is 9.53 Å². The maximum Gasteiger partial charge on any atom is 0.412 e. The summed E-state index contributed by atoms with van der Waals surface area (Å²) in [6.45, 7) is 0.538. The first-order valence-corrected chi connectivity index (χ1v) is 4.77. The molecule has 0 unspecified atom stereocenters. The molecule has 1 aromatic rings. The minimum atomic E-state index is -0.446. The Morgan fingerprint density at radius 3 is 2.80 bits per heavy atom. The van der Waals surface area contributed by atoms with Crippen LogP contribution >= 0.6 is 0 Å². The summed E-state index contributed by atoms with van der Waals surface area (Å²) in [6.07, 6.45) is 6.05. The van der Waals surface area contributed by atoms with E-state index in [0.29, 0.717) is 18.7 Å². The molecule has 3 nitrogen and oxygen atoms in total. The van der Waals surface area contributed by atoms with Crippen LogP contribution < -0.4 is 10.1 Å². The molecule has 1 aromatic carbocycles. The molecule has 0 aliphatic heterocycles. The molecule has 0 saturated carbocycles. The summed E-state index contributed by atoms with van der Waals surface area (Å²) in [5.41, 5.74) is 0. The molecule has 0 bridgehead atoms. The van der Waals surface area contributed by atoms with Gasteiger partial charge in [-0.3, -0.25) is 0 Å². The van der Waals surface area contributed by atoms with E-state index in [1.54, 1.807) is 24.3 Å². The van der Waals surface area contributed by atoms with E-state index in [1.165, 1.54) is 0 Å². The highest BCUT2D eigenvalue weighted by Gasteiger charge is 2.01. The van der Waals surface area contributed by atoms with Gasteiger partial charge < -0.3 is 10.1 Å². The summed E-state index contributed by atoms with van der Waals surface area (Å²) in [4.78, 5) is 11.2. The summed E-state index contributed by atoms with van der Waals surface area (Å²) in [6, 6.07) is 8.92. The zero-order chi connectivity index (χ0) is 10.9. The minimum absolute atomic E-state index is 0.446. The molecule has 1 N–H and O–H groups in total. The lowest BCUT2D eigenvalue weighted by Gasteiger charge is -2.04. The molecule has 0 saturated heterocycles. The lowest BCUT2D eigenvalue weighted by Crippen LogP contribution is -2.27. The van der Waals surface area contributed by atoms with Crippen LogP contribution in [0.4, 0.5) is 4.79 Å². The number of para-hydroxylation sites is 1. The van der Waals surface area contributed by atoms with E-state index in [2.05, 4.69) is 11.2 Å². The third-order valence-electron chi connectivity index (χ3n) is 1.72. The highest BCUT2D eigenvalue weighted by Crippen LogP contribution is 2.07. The third kappa shape index (κ3) is 4.72. The van der Waals surface area contributed by atoms with Crippen molar-refractivity contribution in [1.82, 2.24) is 5.32 Å². The summed E-state index contributed by atoms with van der Waals surface area (Å²) < 4.78 is 4.99. The molecule has 3 heteroatoms. The van der Waals surface area contributed by atoms with E-state index in [4.69, 9.17) is 11.2 Å². The molecule has 0 fully saturated rings. The Balaban J connectivity index is 2.22. The second kappa shape index (κ2) is 6.50. The van der Waals surface area contributed by atoms with Gasteiger partial charge in [0.15, 0.2) is 0 Å².